The summed E-state index contributed by atoms with van der Waals surface area (Å²) >= 11 is 0. The maximum atomic E-state index is 11.3. The first kappa shape index (κ1) is 11.6. The SMILES string of the molecule is CC(=O)C1CCCCN1CC(O)CO. The number of aliphatic hydroxyl groups excluding tert-OH is 2. The standard InChI is InChI=1S/C10H19NO3/c1-8(13)10-4-2-3-5-11(10)6-9(14)7-12/h9-10,12,14H,2-7H2,1H3. The van der Waals surface area contributed by atoms with Gasteiger partial charge in [-0.15, -0.1) is 0 Å². The Kier molecular flexibility index (Phi) is 4.51. The Hall–Kier alpha value is -0.450. The molecule has 2 N–H and O–H groups in total. The Bertz CT molecular complexity index is 196. The van der Waals surface area contributed by atoms with Crippen molar-refractivity contribution in [3.63, 3.8) is 0 Å². The zero-order valence-electron chi connectivity index (χ0n) is 8.65. The van der Waals surface area contributed by atoms with E-state index in [4.69, 9.17) is 5.11 Å². The van der Waals surface area contributed by atoms with Gasteiger partial charge in [0, 0.05) is 6.54 Å². The van der Waals surface area contributed by atoms with Gasteiger partial charge in [-0.3, -0.25) is 9.69 Å². The molecule has 1 rings (SSSR count). The van der Waals surface area contributed by atoms with Gasteiger partial charge in [-0.2, -0.15) is 0 Å². The number of hydrogen-bond acceptors (Lipinski definition) is 4. The molecule has 0 spiro atoms. The van der Waals surface area contributed by atoms with Crippen molar-refractivity contribution in [2.45, 2.75) is 38.3 Å². The van der Waals surface area contributed by atoms with Gasteiger partial charge in [0.1, 0.15) is 5.78 Å². The molecule has 2 unspecified atom stereocenters. The van der Waals surface area contributed by atoms with Crippen LogP contribution in [0.1, 0.15) is 26.2 Å². The van der Waals surface area contributed by atoms with E-state index in [1.807, 2.05) is 4.90 Å². The highest BCUT2D eigenvalue weighted by Gasteiger charge is 2.26. The van der Waals surface area contributed by atoms with E-state index in [2.05, 4.69) is 0 Å². The number of hydrogen-bond donors (Lipinski definition) is 2. The van der Waals surface area contributed by atoms with Crippen molar-refractivity contribution in [2.75, 3.05) is 19.7 Å². The minimum atomic E-state index is -0.727. The summed E-state index contributed by atoms with van der Waals surface area (Å²) in [6.45, 7) is 2.61. The Morgan fingerprint density at radius 3 is 2.86 bits per heavy atom. The quantitative estimate of drug-likeness (QED) is 0.660. The number of β-amino-alcohol motifs (C(OH)–C–C–N with tert-alkyl or cyclic N) is 1. The monoisotopic (exact) mass is 201 g/mol. The molecule has 14 heavy (non-hydrogen) atoms. The van der Waals surface area contributed by atoms with Crippen LogP contribution in [0.5, 0.6) is 0 Å². The largest absolute Gasteiger partial charge is 0.394 e. The van der Waals surface area contributed by atoms with E-state index in [0.29, 0.717) is 6.54 Å². The fraction of sp³-hybridized carbons (Fsp3) is 0.900. The smallest absolute Gasteiger partial charge is 0.146 e. The van der Waals surface area contributed by atoms with Crippen molar-refractivity contribution < 1.29 is 15.0 Å². The molecular formula is C10H19NO3. The molecule has 4 heteroatoms. The molecule has 0 aliphatic carbocycles. The van der Waals surface area contributed by atoms with Gasteiger partial charge in [-0.05, 0) is 26.3 Å². The van der Waals surface area contributed by atoms with Gasteiger partial charge in [-0.1, -0.05) is 6.42 Å². The van der Waals surface area contributed by atoms with Gasteiger partial charge < -0.3 is 10.2 Å². The number of carbonyl (C=O) groups is 1. The van der Waals surface area contributed by atoms with E-state index < -0.39 is 6.10 Å². The van der Waals surface area contributed by atoms with Crippen LogP contribution in [0.2, 0.25) is 0 Å². The first-order chi connectivity index (χ1) is 6.65. The molecular weight excluding hydrogens is 182 g/mol. The van der Waals surface area contributed by atoms with Crippen LogP contribution in [0.25, 0.3) is 0 Å². The van der Waals surface area contributed by atoms with Crippen molar-refractivity contribution in [2.24, 2.45) is 0 Å². The molecule has 1 aliphatic rings. The van der Waals surface area contributed by atoms with Crippen molar-refractivity contribution >= 4 is 5.78 Å². The molecule has 2 atom stereocenters. The minimum absolute atomic E-state index is 0.0510. The molecule has 82 valence electrons. The third-order valence-electron chi connectivity index (χ3n) is 2.74. The Labute approximate surface area is 84.5 Å². The van der Waals surface area contributed by atoms with Crippen LogP contribution in [0, 0.1) is 0 Å². The summed E-state index contributed by atoms with van der Waals surface area (Å²) in [6.07, 6.45) is 2.31. The van der Waals surface area contributed by atoms with Crippen LogP contribution in [-0.4, -0.2) is 52.7 Å². The van der Waals surface area contributed by atoms with Crippen LogP contribution in [0.15, 0.2) is 0 Å². The summed E-state index contributed by atoms with van der Waals surface area (Å²) in [7, 11) is 0. The summed E-state index contributed by atoms with van der Waals surface area (Å²) in [4.78, 5) is 13.3. The maximum absolute atomic E-state index is 11.3. The van der Waals surface area contributed by atoms with E-state index in [1.165, 1.54) is 0 Å². The maximum Gasteiger partial charge on any atom is 0.146 e. The fourth-order valence-corrected chi connectivity index (χ4v) is 2.00. The number of ketones is 1. The molecule has 0 aromatic carbocycles. The Morgan fingerprint density at radius 1 is 1.57 bits per heavy atom. The van der Waals surface area contributed by atoms with Crippen LogP contribution >= 0.6 is 0 Å². The van der Waals surface area contributed by atoms with Gasteiger partial charge >= 0.3 is 0 Å². The molecule has 4 nitrogen and oxygen atoms in total. The number of carbonyl (C=O) groups excluding carboxylic acids is 1. The number of piperidine rings is 1. The minimum Gasteiger partial charge on any atom is -0.394 e. The van der Waals surface area contributed by atoms with Crippen molar-refractivity contribution in [3.8, 4) is 0 Å². The van der Waals surface area contributed by atoms with Crippen LogP contribution in [-0.2, 0) is 4.79 Å². The molecule has 1 heterocycles. The second kappa shape index (κ2) is 5.44. The average molecular weight is 201 g/mol. The Balaban J connectivity index is 2.49. The van der Waals surface area contributed by atoms with Crippen molar-refractivity contribution in [3.05, 3.63) is 0 Å². The molecule has 1 saturated heterocycles. The third kappa shape index (κ3) is 3.04. The van der Waals surface area contributed by atoms with E-state index in [0.717, 1.165) is 25.8 Å². The average Bonchev–Trinajstić information content (AvgIpc) is 2.18. The highest BCUT2D eigenvalue weighted by molar-refractivity contribution is 5.81. The molecule has 0 aromatic rings. The molecule has 1 fully saturated rings. The molecule has 0 amide bonds. The van der Waals surface area contributed by atoms with Gasteiger partial charge in [0.05, 0.1) is 18.8 Å². The lowest BCUT2D eigenvalue weighted by atomic mass is 9.99. The lowest BCUT2D eigenvalue weighted by Gasteiger charge is -2.34. The number of aliphatic hydroxyl groups is 2. The second-order valence-corrected chi connectivity index (χ2v) is 3.95. The lowest BCUT2D eigenvalue weighted by molar-refractivity contribution is -0.124. The molecule has 0 aromatic heterocycles. The fourth-order valence-electron chi connectivity index (χ4n) is 2.00. The molecule has 1 aliphatic heterocycles. The van der Waals surface area contributed by atoms with Gasteiger partial charge in [0.15, 0.2) is 0 Å². The van der Waals surface area contributed by atoms with Crippen molar-refractivity contribution in [1.82, 2.24) is 4.90 Å². The van der Waals surface area contributed by atoms with E-state index in [-0.39, 0.29) is 18.4 Å². The number of likely N-dealkylation sites (tertiary alicyclic amines) is 1. The number of Topliss-reactive ketones (excluding diaryl/α,β-unsaturated/α-hetero) is 1. The normalized spacial score (nSPS) is 26.1. The van der Waals surface area contributed by atoms with E-state index in [9.17, 15) is 9.90 Å². The molecule has 0 radical (unpaired) electrons. The van der Waals surface area contributed by atoms with Crippen LogP contribution < -0.4 is 0 Å². The molecule has 0 bridgehead atoms. The topological polar surface area (TPSA) is 60.8 Å². The third-order valence-corrected chi connectivity index (χ3v) is 2.74. The van der Waals surface area contributed by atoms with Gasteiger partial charge in [0.25, 0.3) is 0 Å². The summed E-state index contributed by atoms with van der Waals surface area (Å²) in [5, 5.41) is 18.0. The summed E-state index contributed by atoms with van der Waals surface area (Å²) in [6, 6.07) is -0.0510. The Morgan fingerprint density at radius 2 is 2.29 bits per heavy atom. The zero-order chi connectivity index (χ0) is 10.6. The second-order valence-electron chi connectivity index (χ2n) is 3.95. The first-order valence-corrected chi connectivity index (χ1v) is 5.18. The summed E-state index contributed by atoms with van der Waals surface area (Å²) < 4.78 is 0. The predicted molar refractivity (Wildman–Crippen MR) is 53.0 cm³/mol. The highest BCUT2D eigenvalue weighted by atomic mass is 16.3. The van der Waals surface area contributed by atoms with E-state index in [1.54, 1.807) is 6.92 Å². The van der Waals surface area contributed by atoms with Gasteiger partial charge in [-0.25, -0.2) is 0 Å². The number of rotatable bonds is 4. The molecule has 0 saturated carbocycles. The predicted octanol–water partition coefficient (Wildman–Crippen LogP) is -0.217. The zero-order valence-corrected chi connectivity index (χ0v) is 8.65. The van der Waals surface area contributed by atoms with Crippen LogP contribution in [0.3, 0.4) is 0 Å². The van der Waals surface area contributed by atoms with Crippen molar-refractivity contribution in [1.29, 1.82) is 0 Å². The highest BCUT2D eigenvalue weighted by Crippen LogP contribution is 2.17. The first-order valence-electron chi connectivity index (χ1n) is 5.18. The summed E-state index contributed by atoms with van der Waals surface area (Å²) in [5.41, 5.74) is 0. The van der Waals surface area contributed by atoms with E-state index >= 15 is 0 Å². The number of nitrogens with zero attached hydrogens (tertiary/aromatic N) is 1. The summed E-state index contributed by atoms with van der Waals surface area (Å²) in [5.74, 6) is 0.162. The lowest BCUT2D eigenvalue weighted by Crippen LogP contribution is -2.47. The van der Waals surface area contributed by atoms with Gasteiger partial charge in [0.2, 0.25) is 0 Å². The van der Waals surface area contributed by atoms with Crippen LogP contribution in [0.4, 0.5) is 0 Å².